The van der Waals surface area contributed by atoms with E-state index < -0.39 is 29.6 Å². The van der Waals surface area contributed by atoms with Gasteiger partial charge in [0.15, 0.2) is 0 Å². The van der Waals surface area contributed by atoms with Gasteiger partial charge in [-0.25, -0.2) is 4.79 Å². The van der Waals surface area contributed by atoms with E-state index in [2.05, 4.69) is 5.32 Å². The molecule has 0 aromatic heterocycles. The molecule has 0 radical (unpaired) electrons. The second kappa shape index (κ2) is 10.9. The van der Waals surface area contributed by atoms with E-state index in [4.69, 9.17) is 10.5 Å². The lowest BCUT2D eigenvalue weighted by molar-refractivity contribution is -0.159. The predicted molar refractivity (Wildman–Crippen MR) is 116 cm³/mol. The maximum absolute atomic E-state index is 12.6. The van der Waals surface area contributed by atoms with Gasteiger partial charge in [-0.05, 0) is 52.0 Å². The first-order valence-corrected chi connectivity index (χ1v) is 10.4. The molecule has 1 heterocycles. The van der Waals surface area contributed by atoms with Gasteiger partial charge in [0.1, 0.15) is 11.6 Å². The van der Waals surface area contributed by atoms with Gasteiger partial charge in [-0.2, -0.15) is 0 Å². The van der Waals surface area contributed by atoms with E-state index in [0.717, 1.165) is 10.5 Å². The van der Waals surface area contributed by atoms with Gasteiger partial charge in [0.25, 0.3) is 11.8 Å². The topological polar surface area (TPSA) is 119 Å². The van der Waals surface area contributed by atoms with Crippen LogP contribution in [-0.4, -0.2) is 52.8 Å². The molecule has 0 bridgehead atoms. The smallest absolute Gasteiger partial charge is 0.329 e. The van der Waals surface area contributed by atoms with E-state index in [1.165, 1.54) is 12.2 Å². The number of benzene rings is 1. The Morgan fingerprint density at radius 3 is 2.26 bits per heavy atom. The fraction of sp³-hybridized carbons (Fsp3) is 0.478. The molecule has 3 amide bonds. The standard InChI is InChI=1S/C23H31N3O5/c1-23(2,3)31-22(30)18(11-7-8-14-26-19(27)12-13-20(26)28)25-21(29)17(24)15-16-9-5-4-6-10-16/h4-6,9-10,12-13,17-18H,7-8,11,14-15,24H2,1-3H3,(H,25,29)/t17-,18-/m0/s1. The molecule has 0 unspecified atom stereocenters. The molecule has 0 saturated heterocycles. The second-order valence-corrected chi connectivity index (χ2v) is 8.55. The van der Waals surface area contributed by atoms with Crippen LogP contribution in [0.5, 0.6) is 0 Å². The lowest BCUT2D eigenvalue weighted by Crippen LogP contribution is -2.50. The molecular weight excluding hydrogens is 398 g/mol. The first-order valence-electron chi connectivity index (χ1n) is 10.4. The Bertz CT molecular complexity index is 811. The summed E-state index contributed by atoms with van der Waals surface area (Å²) in [6.07, 6.45) is 4.14. The van der Waals surface area contributed by atoms with Crippen LogP contribution in [0, 0.1) is 0 Å². The normalized spacial score (nSPS) is 15.7. The molecule has 3 N–H and O–H groups in total. The molecule has 0 fully saturated rings. The lowest BCUT2D eigenvalue weighted by atomic mass is 10.0. The molecule has 8 heteroatoms. The highest BCUT2D eigenvalue weighted by Gasteiger charge is 2.28. The van der Waals surface area contributed by atoms with Crippen molar-refractivity contribution in [3.05, 3.63) is 48.0 Å². The van der Waals surface area contributed by atoms with Crippen molar-refractivity contribution in [1.29, 1.82) is 0 Å². The van der Waals surface area contributed by atoms with Gasteiger partial charge in [-0.1, -0.05) is 30.3 Å². The minimum Gasteiger partial charge on any atom is -0.458 e. The Morgan fingerprint density at radius 2 is 1.68 bits per heavy atom. The second-order valence-electron chi connectivity index (χ2n) is 8.55. The van der Waals surface area contributed by atoms with Crippen LogP contribution in [-0.2, 0) is 30.3 Å². The molecule has 168 valence electrons. The molecule has 8 nitrogen and oxygen atoms in total. The zero-order valence-corrected chi connectivity index (χ0v) is 18.3. The monoisotopic (exact) mass is 429 g/mol. The van der Waals surface area contributed by atoms with Crippen LogP contribution in [0.4, 0.5) is 0 Å². The van der Waals surface area contributed by atoms with Crippen molar-refractivity contribution < 1.29 is 23.9 Å². The number of hydrogen-bond acceptors (Lipinski definition) is 6. The van der Waals surface area contributed by atoms with Crippen LogP contribution in [0.1, 0.15) is 45.6 Å². The van der Waals surface area contributed by atoms with Gasteiger partial charge in [0.05, 0.1) is 6.04 Å². The van der Waals surface area contributed by atoms with Crippen molar-refractivity contribution in [3.63, 3.8) is 0 Å². The number of unbranched alkanes of at least 4 members (excludes halogenated alkanes) is 1. The van der Waals surface area contributed by atoms with E-state index in [0.29, 0.717) is 25.7 Å². The summed E-state index contributed by atoms with van der Waals surface area (Å²) in [6, 6.07) is 7.72. The van der Waals surface area contributed by atoms with Crippen LogP contribution >= 0.6 is 0 Å². The van der Waals surface area contributed by atoms with Crippen molar-refractivity contribution in [1.82, 2.24) is 10.2 Å². The number of rotatable bonds is 10. The maximum Gasteiger partial charge on any atom is 0.329 e. The third-order valence-corrected chi connectivity index (χ3v) is 4.67. The third kappa shape index (κ3) is 7.97. The van der Waals surface area contributed by atoms with Gasteiger partial charge >= 0.3 is 5.97 Å². The Labute approximate surface area is 182 Å². The highest BCUT2D eigenvalue weighted by Crippen LogP contribution is 2.13. The number of esters is 1. The summed E-state index contributed by atoms with van der Waals surface area (Å²) in [4.78, 5) is 49.6. The maximum atomic E-state index is 12.6. The molecule has 0 saturated carbocycles. The minimum absolute atomic E-state index is 0.257. The largest absolute Gasteiger partial charge is 0.458 e. The number of amides is 3. The Kier molecular flexibility index (Phi) is 8.50. The number of hydrogen-bond donors (Lipinski definition) is 2. The molecule has 0 aliphatic carbocycles. The van der Waals surface area contributed by atoms with Crippen molar-refractivity contribution in [2.75, 3.05) is 6.54 Å². The number of imide groups is 1. The van der Waals surface area contributed by atoms with Crippen LogP contribution in [0.3, 0.4) is 0 Å². The quantitative estimate of drug-likeness (QED) is 0.330. The van der Waals surface area contributed by atoms with Gasteiger partial charge < -0.3 is 15.8 Å². The van der Waals surface area contributed by atoms with Crippen molar-refractivity contribution in [2.45, 2.75) is 64.1 Å². The van der Waals surface area contributed by atoms with Crippen LogP contribution in [0.2, 0.25) is 0 Å². The van der Waals surface area contributed by atoms with Gasteiger partial charge in [-0.15, -0.1) is 0 Å². The van der Waals surface area contributed by atoms with Crippen molar-refractivity contribution >= 4 is 23.7 Å². The molecule has 1 aliphatic rings. The summed E-state index contributed by atoms with van der Waals surface area (Å²) >= 11 is 0. The molecular formula is C23H31N3O5. The predicted octanol–water partition coefficient (Wildman–Crippen LogP) is 1.48. The van der Waals surface area contributed by atoms with Crippen molar-refractivity contribution in [3.8, 4) is 0 Å². The number of carbonyl (C=O) groups is 4. The van der Waals surface area contributed by atoms with Gasteiger partial charge in [0.2, 0.25) is 5.91 Å². The highest BCUT2D eigenvalue weighted by molar-refractivity contribution is 6.12. The first kappa shape index (κ1) is 24.3. The number of ether oxygens (including phenoxy) is 1. The van der Waals surface area contributed by atoms with E-state index in [-0.39, 0.29) is 18.4 Å². The number of nitrogens with zero attached hydrogens (tertiary/aromatic N) is 1. The van der Waals surface area contributed by atoms with E-state index >= 15 is 0 Å². The molecule has 2 rings (SSSR count). The SMILES string of the molecule is CC(C)(C)OC(=O)[C@H](CCCCN1C(=O)C=CC1=O)NC(=O)[C@@H](N)Cc1ccccc1. The van der Waals surface area contributed by atoms with E-state index in [1.54, 1.807) is 20.8 Å². The lowest BCUT2D eigenvalue weighted by Gasteiger charge is -2.25. The molecule has 2 atom stereocenters. The van der Waals surface area contributed by atoms with E-state index in [1.807, 2.05) is 30.3 Å². The number of nitrogens with two attached hydrogens (primary N) is 1. The first-order chi connectivity index (χ1) is 14.6. The molecule has 1 aromatic rings. The average molecular weight is 430 g/mol. The fourth-order valence-corrected chi connectivity index (χ4v) is 3.13. The van der Waals surface area contributed by atoms with Gasteiger partial charge in [-0.3, -0.25) is 19.3 Å². The molecule has 31 heavy (non-hydrogen) atoms. The minimum atomic E-state index is -0.864. The van der Waals surface area contributed by atoms with Crippen LogP contribution < -0.4 is 11.1 Å². The summed E-state index contributed by atoms with van der Waals surface area (Å²) in [5.41, 5.74) is 6.26. The molecule has 0 spiro atoms. The van der Waals surface area contributed by atoms with Crippen LogP contribution in [0.25, 0.3) is 0 Å². The van der Waals surface area contributed by atoms with Crippen LogP contribution in [0.15, 0.2) is 42.5 Å². The highest BCUT2D eigenvalue weighted by atomic mass is 16.6. The zero-order valence-electron chi connectivity index (χ0n) is 18.3. The number of nitrogens with one attached hydrogen (secondary N) is 1. The average Bonchev–Trinajstić information content (AvgIpc) is 3.01. The summed E-state index contributed by atoms with van der Waals surface area (Å²) in [6.45, 7) is 5.51. The van der Waals surface area contributed by atoms with E-state index in [9.17, 15) is 19.2 Å². The Morgan fingerprint density at radius 1 is 1.06 bits per heavy atom. The fourth-order valence-electron chi connectivity index (χ4n) is 3.13. The molecule has 1 aliphatic heterocycles. The van der Waals surface area contributed by atoms with Crippen molar-refractivity contribution in [2.24, 2.45) is 5.73 Å². The summed E-state index contributed by atoms with van der Waals surface area (Å²) in [7, 11) is 0. The zero-order chi connectivity index (χ0) is 23.0. The summed E-state index contributed by atoms with van der Waals surface area (Å²) in [5, 5.41) is 2.71. The Balaban J connectivity index is 1.92. The number of carbonyl (C=O) groups excluding carboxylic acids is 4. The van der Waals surface area contributed by atoms with Gasteiger partial charge in [0, 0.05) is 18.7 Å². The third-order valence-electron chi connectivity index (χ3n) is 4.67. The Hall–Kier alpha value is -3.00. The molecule has 1 aromatic carbocycles. The summed E-state index contributed by atoms with van der Waals surface area (Å²) < 4.78 is 5.44. The summed E-state index contributed by atoms with van der Waals surface area (Å²) in [5.74, 6) is -1.65.